The van der Waals surface area contributed by atoms with Gasteiger partial charge in [0.25, 0.3) is 0 Å². The molecule has 0 radical (unpaired) electrons. The number of hydrogen-bond donors (Lipinski definition) is 1. The average molecular weight is 255 g/mol. The first-order valence-electron chi connectivity index (χ1n) is 5.62. The van der Waals surface area contributed by atoms with E-state index >= 15 is 0 Å². The van der Waals surface area contributed by atoms with Crippen LogP contribution in [-0.4, -0.2) is 19.2 Å². The maximum atomic E-state index is 8.69. The zero-order valence-electron chi connectivity index (χ0n) is 10.7. The Morgan fingerprint density at radius 1 is 1.16 bits per heavy atom. The number of rotatable bonds is 4. The maximum absolute atomic E-state index is 8.69. The quantitative estimate of drug-likeness (QED) is 0.909. The van der Waals surface area contributed by atoms with Crippen LogP contribution in [0.2, 0.25) is 0 Å². The van der Waals surface area contributed by atoms with Gasteiger partial charge in [0.15, 0.2) is 0 Å². The molecule has 96 valence electrons. The molecular formula is C14H13N3O2. The highest BCUT2D eigenvalue weighted by atomic mass is 16.5. The van der Waals surface area contributed by atoms with E-state index in [2.05, 4.69) is 10.3 Å². The number of pyridine rings is 1. The van der Waals surface area contributed by atoms with Crippen molar-refractivity contribution < 1.29 is 9.47 Å². The van der Waals surface area contributed by atoms with Crippen LogP contribution < -0.4 is 14.8 Å². The molecule has 0 atom stereocenters. The molecule has 1 N–H and O–H groups in total. The first-order valence-corrected chi connectivity index (χ1v) is 5.62. The van der Waals surface area contributed by atoms with Crippen LogP contribution in [0.1, 0.15) is 5.69 Å². The van der Waals surface area contributed by atoms with E-state index in [1.165, 1.54) is 0 Å². The summed E-state index contributed by atoms with van der Waals surface area (Å²) in [5.41, 5.74) is 1.96. The summed E-state index contributed by atoms with van der Waals surface area (Å²) in [6.07, 6.45) is 1.60. The molecule has 0 bridgehead atoms. The standard InChI is InChI=1S/C14H13N3O2/c1-18-12-5-6-13(14(7-12)19-2)17-11-4-3-10(8-15)16-9-11/h3-7,9,17H,1-2H3. The predicted octanol–water partition coefficient (Wildman–Crippen LogP) is 2.71. The molecule has 19 heavy (non-hydrogen) atoms. The van der Waals surface area contributed by atoms with Gasteiger partial charge in [-0.1, -0.05) is 0 Å². The van der Waals surface area contributed by atoms with E-state index in [0.717, 1.165) is 17.1 Å². The number of methoxy groups -OCH3 is 2. The Balaban J connectivity index is 2.24. The molecule has 2 rings (SSSR count). The fourth-order valence-electron chi connectivity index (χ4n) is 1.59. The summed E-state index contributed by atoms with van der Waals surface area (Å²) in [6.45, 7) is 0. The smallest absolute Gasteiger partial charge is 0.145 e. The molecule has 1 aromatic heterocycles. The van der Waals surface area contributed by atoms with Crippen molar-refractivity contribution in [1.82, 2.24) is 4.98 Å². The van der Waals surface area contributed by atoms with Crippen molar-refractivity contribution >= 4 is 11.4 Å². The topological polar surface area (TPSA) is 67.2 Å². The lowest BCUT2D eigenvalue weighted by Crippen LogP contribution is -1.96. The van der Waals surface area contributed by atoms with E-state index in [9.17, 15) is 0 Å². The van der Waals surface area contributed by atoms with Crippen LogP contribution in [0.4, 0.5) is 11.4 Å². The van der Waals surface area contributed by atoms with Gasteiger partial charge in [0.2, 0.25) is 0 Å². The van der Waals surface area contributed by atoms with Gasteiger partial charge in [0, 0.05) is 6.07 Å². The van der Waals surface area contributed by atoms with Gasteiger partial charge < -0.3 is 14.8 Å². The highest BCUT2D eigenvalue weighted by Crippen LogP contribution is 2.31. The number of nitriles is 1. The molecule has 5 nitrogen and oxygen atoms in total. The predicted molar refractivity (Wildman–Crippen MR) is 71.8 cm³/mol. The Labute approximate surface area is 111 Å². The molecule has 2 aromatic rings. The van der Waals surface area contributed by atoms with E-state index < -0.39 is 0 Å². The number of aromatic nitrogens is 1. The molecule has 0 spiro atoms. The van der Waals surface area contributed by atoms with Crippen LogP contribution in [0, 0.1) is 11.3 Å². The molecule has 5 heteroatoms. The molecular weight excluding hydrogens is 242 g/mol. The highest BCUT2D eigenvalue weighted by Gasteiger charge is 2.05. The van der Waals surface area contributed by atoms with Crippen molar-refractivity contribution in [2.24, 2.45) is 0 Å². The highest BCUT2D eigenvalue weighted by molar-refractivity contribution is 5.67. The van der Waals surface area contributed by atoms with Crippen LogP contribution in [0.3, 0.4) is 0 Å². The lowest BCUT2D eigenvalue weighted by molar-refractivity contribution is 0.395. The second kappa shape index (κ2) is 5.74. The number of ether oxygens (including phenoxy) is 2. The molecule has 1 aromatic carbocycles. The van der Waals surface area contributed by atoms with Gasteiger partial charge in [-0.25, -0.2) is 4.98 Å². The van der Waals surface area contributed by atoms with Gasteiger partial charge in [-0.15, -0.1) is 0 Å². The van der Waals surface area contributed by atoms with Crippen molar-refractivity contribution in [1.29, 1.82) is 5.26 Å². The van der Waals surface area contributed by atoms with Gasteiger partial charge in [-0.3, -0.25) is 0 Å². The second-order valence-corrected chi connectivity index (χ2v) is 3.74. The zero-order chi connectivity index (χ0) is 13.7. The first kappa shape index (κ1) is 12.7. The van der Waals surface area contributed by atoms with Gasteiger partial charge in [0.05, 0.1) is 31.8 Å². The van der Waals surface area contributed by atoms with Gasteiger partial charge in [-0.05, 0) is 24.3 Å². The van der Waals surface area contributed by atoms with Crippen LogP contribution in [-0.2, 0) is 0 Å². The van der Waals surface area contributed by atoms with E-state index in [4.69, 9.17) is 14.7 Å². The van der Waals surface area contributed by atoms with Gasteiger partial charge >= 0.3 is 0 Å². The summed E-state index contributed by atoms with van der Waals surface area (Å²) in [7, 11) is 3.20. The summed E-state index contributed by atoms with van der Waals surface area (Å²) in [4.78, 5) is 3.99. The summed E-state index contributed by atoms with van der Waals surface area (Å²) >= 11 is 0. The van der Waals surface area contributed by atoms with Crippen molar-refractivity contribution in [3.63, 3.8) is 0 Å². The Morgan fingerprint density at radius 3 is 2.58 bits per heavy atom. The first-order chi connectivity index (χ1) is 9.26. The summed E-state index contributed by atoms with van der Waals surface area (Å²) < 4.78 is 10.4. The second-order valence-electron chi connectivity index (χ2n) is 3.74. The molecule has 0 aliphatic carbocycles. The molecule has 0 fully saturated rings. The van der Waals surface area contributed by atoms with Crippen LogP contribution in [0.15, 0.2) is 36.5 Å². The average Bonchev–Trinajstić information content (AvgIpc) is 2.48. The Bertz CT molecular complexity index is 603. The number of anilines is 2. The van der Waals surface area contributed by atoms with Crippen LogP contribution in [0.5, 0.6) is 11.5 Å². The molecule has 0 aliphatic rings. The fourth-order valence-corrected chi connectivity index (χ4v) is 1.59. The number of nitrogens with zero attached hydrogens (tertiary/aromatic N) is 2. The number of hydrogen-bond acceptors (Lipinski definition) is 5. The zero-order valence-corrected chi connectivity index (χ0v) is 10.7. The lowest BCUT2D eigenvalue weighted by Gasteiger charge is -2.12. The van der Waals surface area contributed by atoms with E-state index in [1.54, 1.807) is 38.6 Å². The number of nitrogens with one attached hydrogen (secondary N) is 1. The fraction of sp³-hybridized carbons (Fsp3) is 0.143. The van der Waals surface area contributed by atoms with Crippen molar-refractivity contribution in [2.45, 2.75) is 0 Å². The Kier molecular flexibility index (Phi) is 3.84. The maximum Gasteiger partial charge on any atom is 0.145 e. The van der Waals surface area contributed by atoms with Crippen molar-refractivity contribution in [2.75, 3.05) is 19.5 Å². The minimum Gasteiger partial charge on any atom is -0.497 e. The largest absolute Gasteiger partial charge is 0.497 e. The summed E-state index contributed by atoms with van der Waals surface area (Å²) in [5, 5.41) is 11.9. The van der Waals surface area contributed by atoms with E-state index in [1.807, 2.05) is 18.2 Å². The SMILES string of the molecule is COc1ccc(Nc2ccc(C#N)nc2)c(OC)c1. The number of benzene rings is 1. The van der Waals surface area contributed by atoms with Crippen molar-refractivity contribution in [3.05, 3.63) is 42.2 Å². The van der Waals surface area contributed by atoms with Gasteiger partial charge in [-0.2, -0.15) is 5.26 Å². The Hall–Kier alpha value is -2.74. The summed E-state index contributed by atoms with van der Waals surface area (Å²) in [6, 6.07) is 10.9. The van der Waals surface area contributed by atoms with E-state index in [-0.39, 0.29) is 0 Å². The third kappa shape index (κ3) is 2.93. The monoisotopic (exact) mass is 255 g/mol. The van der Waals surface area contributed by atoms with Crippen LogP contribution in [0.25, 0.3) is 0 Å². The molecule has 0 saturated carbocycles. The normalized spacial score (nSPS) is 9.53. The van der Waals surface area contributed by atoms with Gasteiger partial charge in [0.1, 0.15) is 23.3 Å². The third-order valence-electron chi connectivity index (χ3n) is 2.57. The molecule has 0 saturated heterocycles. The lowest BCUT2D eigenvalue weighted by atomic mass is 10.2. The van der Waals surface area contributed by atoms with Crippen molar-refractivity contribution in [3.8, 4) is 17.6 Å². The van der Waals surface area contributed by atoms with Crippen LogP contribution >= 0.6 is 0 Å². The molecule has 0 unspecified atom stereocenters. The third-order valence-corrected chi connectivity index (χ3v) is 2.57. The van der Waals surface area contributed by atoms with E-state index in [0.29, 0.717) is 11.4 Å². The minimum atomic E-state index is 0.382. The Morgan fingerprint density at radius 2 is 2.00 bits per heavy atom. The molecule has 0 amide bonds. The minimum absolute atomic E-state index is 0.382. The molecule has 0 aliphatic heterocycles. The summed E-state index contributed by atoms with van der Waals surface area (Å²) in [5.74, 6) is 1.39. The molecule has 1 heterocycles.